The van der Waals surface area contributed by atoms with E-state index in [4.69, 9.17) is 4.74 Å². The molecule has 0 radical (unpaired) electrons. The van der Waals surface area contributed by atoms with Crippen molar-refractivity contribution in [2.24, 2.45) is 5.92 Å². The second-order valence-electron chi connectivity index (χ2n) is 5.56. The van der Waals surface area contributed by atoms with Crippen LogP contribution in [0.2, 0.25) is 0 Å². The fraction of sp³-hybridized carbons (Fsp3) is 0.375. The lowest BCUT2D eigenvalue weighted by molar-refractivity contribution is 0.00805. The molecule has 0 bridgehead atoms. The number of pyridine rings is 1. The summed E-state index contributed by atoms with van der Waals surface area (Å²) in [6.45, 7) is 0.828. The van der Waals surface area contributed by atoms with E-state index in [2.05, 4.69) is 10.3 Å². The van der Waals surface area contributed by atoms with E-state index in [9.17, 15) is 4.79 Å². The van der Waals surface area contributed by atoms with Gasteiger partial charge in [-0.1, -0.05) is 24.3 Å². The average molecular weight is 268 g/mol. The van der Waals surface area contributed by atoms with Gasteiger partial charge in [-0.15, -0.1) is 0 Å². The van der Waals surface area contributed by atoms with Gasteiger partial charge in [0.2, 0.25) is 0 Å². The van der Waals surface area contributed by atoms with Crippen LogP contribution < -0.4 is 5.32 Å². The lowest BCUT2D eigenvalue weighted by atomic mass is 9.76. The van der Waals surface area contributed by atoms with Crippen molar-refractivity contribution in [3.63, 3.8) is 0 Å². The van der Waals surface area contributed by atoms with Crippen molar-refractivity contribution in [3.8, 4) is 0 Å². The smallest absolute Gasteiger partial charge is 0.270 e. The van der Waals surface area contributed by atoms with Crippen LogP contribution in [0.25, 0.3) is 10.8 Å². The maximum Gasteiger partial charge on any atom is 0.270 e. The van der Waals surface area contributed by atoms with Crippen LogP contribution in [0.1, 0.15) is 23.3 Å². The number of rotatable bonds is 2. The Bertz CT molecular complexity index is 665. The van der Waals surface area contributed by atoms with Gasteiger partial charge in [0.1, 0.15) is 5.69 Å². The maximum absolute atomic E-state index is 12.4. The van der Waals surface area contributed by atoms with Crippen molar-refractivity contribution in [3.05, 3.63) is 42.2 Å². The van der Waals surface area contributed by atoms with Crippen LogP contribution in [0.5, 0.6) is 0 Å². The van der Waals surface area contributed by atoms with Crippen LogP contribution in [-0.4, -0.2) is 29.6 Å². The number of carbonyl (C=O) groups is 1. The van der Waals surface area contributed by atoms with E-state index < -0.39 is 0 Å². The lowest BCUT2D eigenvalue weighted by Gasteiger charge is -2.39. The second kappa shape index (κ2) is 4.56. The Kier molecular flexibility index (Phi) is 2.70. The van der Waals surface area contributed by atoms with Crippen molar-refractivity contribution in [1.82, 2.24) is 10.3 Å². The molecule has 1 aliphatic carbocycles. The molecule has 4 rings (SSSR count). The number of hydrogen-bond donors (Lipinski definition) is 1. The number of fused-ring (bicyclic) bond motifs is 2. The Balaban J connectivity index is 1.58. The van der Waals surface area contributed by atoms with E-state index in [0.717, 1.165) is 30.2 Å². The molecule has 20 heavy (non-hydrogen) atoms. The largest absolute Gasteiger partial charge is 0.378 e. The van der Waals surface area contributed by atoms with E-state index in [-0.39, 0.29) is 11.9 Å². The molecule has 2 heterocycles. The summed E-state index contributed by atoms with van der Waals surface area (Å²) in [6, 6.07) is 10.0. The van der Waals surface area contributed by atoms with E-state index in [0.29, 0.717) is 17.7 Å². The van der Waals surface area contributed by atoms with Crippen molar-refractivity contribution >= 4 is 16.7 Å². The molecule has 1 aromatic heterocycles. The van der Waals surface area contributed by atoms with Gasteiger partial charge in [-0.3, -0.25) is 9.78 Å². The second-order valence-corrected chi connectivity index (χ2v) is 5.56. The minimum atomic E-state index is -0.0721. The molecular formula is C16H16N2O2. The highest BCUT2D eigenvalue weighted by Gasteiger charge is 2.45. The first kappa shape index (κ1) is 11.9. The molecule has 4 heteroatoms. The molecule has 3 atom stereocenters. The fourth-order valence-electron chi connectivity index (χ4n) is 3.30. The number of nitrogens with one attached hydrogen (secondary N) is 1. The van der Waals surface area contributed by atoms with Crippen molar-refractivity contribution in [2.45, 2.75) is 25.0 Å². The molecule has 2 aliphatic rings. The number of hydrogen-bond acceptors (Lipinski definition) is 3. The Labute approximate surface area is 117 Å². The van der Waals surface area contributed by atoms with Gasteiger partial charge in [0, 0.05) is 30.1 Å². The Morgan fingerprint density at radius 1 is 1.30 bits per heavy atom. The first-order valence-corrected chi connectivity index (χ1v) is 7.09. The van der Waals surface area contributed by atoms with E-state index in [1.807, 2.05) is 30.3 Å². The number of aromatic nitrogens is 1. The molecule has 4 nitrogen and oxygen atoms in total. The highest BCUT2D eigenvalue weighted by molar-refractivity contribution is 6.05. The summed E-state index contributed by atoms with van der Waals surface area (Å²) in [5.74, 6) is 0.422. The quantitative estimate of drug-likeness (QED) is 0.908. The number of amides is 1. The monoisotopic (exact) mass is 268 g/mol. The summed E-state index contributed by atoms with van der Waals surface area (Å²) < 4.78 is 5.57. The molecule has 0 unspecified atom stereocenters. The van der Waals surface area contributed by atoms with Crippen LogP contribution in [-0.2, 0) is 4.74 Å². The topological polar surface area (TPSA) is 51.2 Å². The molecule has 1 amide bonds. The molecule has 2 aromatic rings. The van der Waals surface area contributed by atoms with E-state index in [1.165, 1.54) is 0 Å². The zero-order valence-corrected chi connectivity index (χ0v) is 11.1. The standard InChI is InChI=1S/C16H16N2O2/c19-16(18-13-9-14-12(13)6-8-20-14)15-11-4-2-1-3-10(11)5-7-17-15/h1-5,7,12-14H,6,8-9H2,(H,18,19)/t12-,13+,14+/m1/s1. The molecule has 2 fully saturated rings. The van der Waals surface area contributed by atoms with Gasteiger partial charge in [-0.05, 0) is 24.3 Å². The highest BCUT2D eigenvalue weighted by atomic mass is 16.5. The minimum absolute atomic E-state index is 0.0721. The molecule has 1 N–H and O–H groups in total. The fourth-order valence-corrected chi connectivity index (χ4v) is 3.30. The number of benzene rings is 1. The summed E-state index contributed by atoms with van der Waals surface area (Å²) in [5.41, 5.74) is 0.519. The van der Waals surface area contributed by atoms with Crippen LogP contribution in [0.4, 0.5) is 0 Å². The van der Waals surface area contributed by atoms with Crippen LogP contribution in [0.15, 0.2) is 36.5 Å². The van der Waals surface area contributed by atoms with Gasteiger partial charge in [0.05, 0.1) is 6.10 Å². The minimum Gasteiger partial charge on any atom is -0.378 e. The number of nitrogens with zero attached hydrogens (tertiary/aromatic N) is 1. The zero-order valence-electron chi connectivity index (χ0n) is 11.1. The van der Waals surface area contributed by atoms with E-state index >= 15 is 0 Å². The molecule has 1 aliphatic heterocycles. The number of ether oxygens (including phenoxy) is 1. The molecule has 1 saturated heterocycles. The lowest BCUT2D eigenvalue weighted by Crippen LogP contribution is -2.53. The molecule has 1 aromatic carbocycles. The summed E-state index contributed by atoms with van der Waals surface area (Å²) in [6.07, 6.45) is 4.04. The average Bonchev–Trinajstić information content (AvgIpc) is 2.85. The highest BCUT2D eigenvalue weighted by Crippen LogP contribution is 2.38. The van der Waals surface area contributed by atoms with E-state index in [1.54, 1.807) is 6.20 Å². The van der Waals surface area contributed by atoms with Gasteiger partial charge in [0.15, 0.2) is 0 Å². The Hall–Kier alpha value is -1.94. The van der Waals surface area contributed by atoms with Gasteiger partial charge in [-0.2, -0.15) is 0 Å². The summed E-state index contributed by atoms with van der Waals surface area (Å²) in [7, 11) is 0. The van der Waals surface area contributed by atoms with Crippen LogP contribution >= 0.6 is 0 Å². The molecular weight excluding hydrogens is 252 g/mol. The first-order chi connectivity index (χ1) is 9.83. The summed E-state index contributed by atoms with van der Waals surface area (Å²) in [4.78, 5) is 16.7. The van der Waals surface area contributed by atoms with Crippen LogP contribution in [0, 0.1) is 5.92 Å². The Morgan fingerprint density at radius 2 is 2.20 bits per heavy atom. The van der Waals surface area contributed by atoms with Gasteiger partial charge >= 0.3 is 0 Å². The number of carbonyl (C=O) groups excluding carboxylic acids is 1. The first-order valence-electron chi connectivity index (χ1n) is 7.09. The maximum atomic E-state index is 12.4. The summed E-state index contributed by atoms with van der Waals surface area (Å²) in [5, 5.41) is 5.07. The van der Waals surface area contributed by atoms with Gasteiger partial charge < -0.3 is 10.1 Å². The summed E-state index contributed by atoms with van der Waals surface area (Å²) >= 11 is 0. The van der Waals surface area contributed by atoms with Crippen LogP contribution in [0.3, 0.4) is 0 Å². The third kappa shape index (κ3) is 1.79. The Morgan fingerprint density at radius 3 is 3.10 bits per heavy atom. The van der Waals surface area contributed by atoms with Gasteiger partial charge in [-0.25, -0.2) is 0 Å². The predicted molar refractivity (Wildman–Crippen MR) is 75.5 cm³/mol. The molecule has 102 valence electrons. The molecule has 1 saturated carbocycles. The SMILES string of the molecule is O=C(N[C@H]1C[C@@H]2OCC[C@H]12)c1nccc2ccccc12. The van der Waals surface area contributed by atoms with Crippen molar-refractivity contribution in [1.29, 1.82) is 0 Å². The predicted octanol–water partition coefficient (Wildman–Crippen LogP) is 2.14. The third-order valence-corrected chi connectivity index (χ3v) is 4.47. The zero-order chi connectivity index (χ0) is 13.5. The molecule has 0 spiro atoms. The van der Waals surface area contributed by atoms with Gasteiger partial charge in [0.25, 0.3) is 5.91 Å². The third-order valence-electron chi connectivity index (χ3n) is 4.47. The van der Waals surface area contributed by atoms with Crippen molar-refractivity contribution < 1.29 is 9.53 Å². The van der Waals surface area contributed by atoms with Crippen molar-refractivity contribution in [2.75, 3.05) is 6.61 Å². The normalized spacial score (nSPS) is 27.9.